The van der Waals surface area contributed by atoms with Gasteiger partial charge in [0.25, 0.3) is 0 Å². The molecule has 1 aromatic carbocycles. The Morgan fingerprint density at radius 2 is 2.22 bits per heavy atom. The lowest BCUT2D eigenvalue weighted by Gasteiger charge is -2.10. The largest absolute Gasteiger partial charge is 0.489 e. The molecule has 0 aliphatic heterocycles. The van der Waals surface area contributed by atoms with Crippen LogP contribution in [0.3, 0.4) is 0 Å². The third-order valence-electron chi connectivity index (χ3n) is 3.14. The van der Waals surface area contributed by atoms with E-state index < -0.39 is 0 Å². The second-order valence-electron chi connectivity index (χ2n) is 4.71. The highest BCUT2D eigenvalue weighted by atomic mass is 16.5. The molecule has 0 amide bonds. The summed E-state index contributed by atoms with van der Waals surface area (Å²) in [5.41, 5.74) is 2.30. The monoisotopic (exact) mass is 305 g/mol. The molecule has 0 bridgehead atoms. The van der Waals surface area contributed by atoms with E-state index in [1.807, 2.05) is 24.3 Å². The summed E-state index contributed by atoms with van der Waals surface area (Å²) in [6, 6.07) is 9.29. The first-order valence-electron chi connectivity index (χ1n) is 7.07. The van der Waals surface area contributed by atoms with Crippen LogP contribution in [0.25, 0.3) is 22.6 Å². The molecule has 0 unspecified atom stereocenters. The van der Waals surface area contributed by atoms with Gasteiger partial charge in [-0.2, -0.15) is 0 Å². The molecule has 114 valence electrons. The van der Waals surface area contributed by atoms with Crippen molar-refractivity contribution in [2.45, 2.75) is 0 Å². The van der Waals surface area contributed by atoms with Gasteiger partial charge in [-0.25, -0.2) is 9.97 Å². The van der Waals surface area contributed by atoms with Gasteiger partial charge < -0.3 is 14.5 Å². The Balaban J connectivity index is 2.02. The van der Waals surface area contributed by atoms with Crippen LogP contribution in [-0.2, 0) is 0 Å². The van der Waals surface area contributed by atoms with E-state index in [2.05, 4.69) is 27.5 Å². The minimum atomic E-state index is 0.163. The number of H-pyrrole nitrogens is 1. The Bertz CT molecular complexity index is 844. The summed E-state index contributed by atoms with van der Waals surface area (Å²) in [6.45, 7) is 4.21. The Morgan fingerprint density at radius 3 is 3.00 bits per heavy atom. The highest BCUT2D eigenvalue weighted by molar-refractivity contribution is 5.77. The summed E-state index contributed by atoms with van der Waals surface area (Å²) in [6.07, 6.45) is 8.68. The number of benzene rings is 1. The Hall–Kier alpha value is -3.26. The van der Waals surface area contributed by atoms with E-state index in [0.29, 0.717) is 29.6 Å². The van der Waals surface area contributed by atoms with Crippen molar-refractivity contribution < 1.29 is 9.47 Å². The first-order chi connectivity index (χ1) is 11.3. The lowest BCUT2D eigenvalue weighted by molar-refractivity contribution is 0.349. The third-order valence-corrected chi connectivity index (χ3v) is 3.14. The quantitative estimate of drug-likeness (QED) is 0.561. The number of nitrogens with one attached hydrogen (secondary N) is 1. The number of ether oxygens (including phenoxy) is 2. The number of terminal acetylenes is 1. The summed E-state index contributed by atoms with van der Waals surface area (Å²) in [4.78, 5) is 11.9. The molecule has 0 saturated heterocycles. The summed E-state index contributed by atoms with van der Waals surface area (Å²) < 4.78 is 11.2. The zero-order valence-corrected chi connectivity index (χ0v) is 12.5. The highest BCUT2D eigenvalue weighted by Gasteiger charge is 2.13. The molecule has 3 rings (SSSR count). The van der Waals surface area contributed by atoms with Crippen molar-refractivity contribution in [1.82, 2.24) is 15.0 Å². The zero-order chi connectivity index (χ0) is 16.1. The smallest absolute Gasteiger partial charge is 0.178 e. The minimum Gasteiger partial charge on any atom is -0.489 e. The van der Waals surface area contributed by atoms with Gasteiger partial charge in [0, 0.05) is 12.3 Å². The summed E-state index contributed by atoms with van der Waals surface area (Å²) in [5.74, 6) is 4.41. The number of pyridine rings is 1. The van der Waals surface area contributed by atoms with Gasteiger partial charge in [0.15, 0.2) is 5.65 Å². The molecule has 5 nitrogen and oxygen atoms in total. The second kappa shape index (κ2) is 6.67. The lowest BCUT2D eigenvalue weighted by Crippen LogP contribution is -1.99. The molecule has 0 saturated carbocycles. The van der Waals surface area contributed by atoms with Crippen LogP contribution in [0.4, 0.5) is 0 Å². The number of aromatic amines is 1. The van der Waals surface area contributed by atoms with Gasteiger partial charge in [-0.15, -0.1) is 6.42 Å². The molecule has 3 aromatic rings. The molecule has 0 aliphatic carbocycles. The fourth-order valence-electron chi connectivity index (χ4n) is 2.15. The molecule has 0 aliphatic rings. The third kappa shape index (κ3) is 3.16. The average molecular weight is 305 g/mol. The fraction of sp³-hybridized carbons (Fsp3) is 0.111. The standard InChI is InChI=1S/C18H15N3O2/c1-3-10-22-13-7-8-14(16(12-13)23-11-4-2)17-20-15-6-5-9-19-18(15)21-17/h2-3,5-9,12H,1,10-11H2,(H,19,20,21). The van der Waals surface area contributed by atoms with Crippen LogP contribution in [0.15, 0.2) is 49.2 Å². The van der Waals surface area contributed by atoms with Crippen molar-refractivity contribution in [1.29, 1.82) is 0 Å². The number of rotatable bonds is 6. The van der Waals surface area contributed by atoms with Crippen LogP contribution in [0.2, 0.25) is 0 Å². The molecule has 1 N–H and O–H groups in total. The number of hydrogen-bond acceptors (Lipinski definition) is 4. The molecule has 23 heavy (non-hydrogen) atoms. The van der Waals surface area contributed by atoms with Crippen molar-refractivity contribution in [2.75, 3.05) is 13.2 Å². The van der Waals surface area contributed by atoms with Gasteiger partial charge in [0.05, 0.1) is 11.1 Å². The predicted molar refractivity (Wildman–Crippen MR) is 89.3 cm³/mol. The Morgan fingerprint density at radius 1 is 1.30 bits per heavy atom. The molecule has 0 radical (unpaired) electrons. The highest BCUT2D eigenvalue weighted by Crippen LogP contribution is 2.32. The second-order valence-corrected chi connectivity index (χ2v) is 4.71. The maximum atomic E-state index is 5.64. The Kier molecular flexibility index (Phi) is 4.25. The molecule has 2 heterocycles. The van der Waals surface area contributed by atoms with E-state index in [-0.39, 0.29) is 6.61 Å². The van der Waals surface area contributed by atoms with Crippen LogP contribution < -0.4 is 9.47 Å². The SMILES string of the molecule is C#CCOc1cc(OCC=C)ccc1-c1nc2ncccc2[nH]1. The van der Waals surface area contributed by atoms with E-state index in [4.69, 9.17) is 15.9 Å². The number of imidazole rings is 1. The van der Waals surface area contributed by atoms with Gasteiger partial charge in [-0.1, -0.05) is 18.6 Å². The Labute approximate surface area is 134 Å². The predicted octanol–water partition coefficient (Wildman–Crippen LogP) is 3.20. The van der Waals surface area contributed by atoms with E-state index in [0.717, 1.165) is 11.1 Å². The molecule has 0 atom stereocenters. The van der Waals surface area contributed by atoms with Crippen LogP contribution in [0.1, 0.15) is 0 Å². The van der Waals surface area contributed by atoms with Crippen molar-refractivity contribution in [3.05, 3.63) is 49.2 Å². The normalized spacial score (nSPS) is 10.2. The first kappa shape index (κ1) is 14.7. The lowest BCUT2D eigenvalue weighted by atomic mass is 10.2. The summed E-state index contributed by atoms with van der Waals surface area (Å²) in [7, 11) is 0. The van der Waals surface area contributed by atoms with Crippen LogP contribution in [0.5, 0.6) is 11.5 Å². The van der Waals surface area contributed by atoms with E-state index in [9.17, 15) is 0 Å². The average Bonchev–Trinajstić information content (AvgIpc) is 3.02. The summed E-state index contributed by atoms with van der Waals surface area (Å²) >= 11 is 0. The van der Waals surface area contributed by atoms with E-state index in [1.165, 1.54) is 0 Å². The van der Waals surface area contributed by atoms with Gasteiger partial charge in [-0.3, -0.25) is 0 Å². The van der Waals surface area contributed by atoms with Crippen LogP contribution >= 0.6 is 0 Å². The molecular formula is C18H15N3O2. The van der Waals surface area contributed by atoms with Crippen molar-refractivity contribution in [2.24, 2.45) is 0 Å². The maximum absolute atomic E-state index is 5.64. The zero-order valence-electron chi connectivity index (χ0n) is 12.5. The van der Waals surface area contributed by atoms with Gasteiger partial charge >= 0.3 is 0 Å². The van der Waals surface area contributed by atoms with Gasteiger partial charge in [0.2, 0.25) is 0 Å². The van der Waals surface area contributed by atoms with Crippen molar-refractivity contribution in [3.8, 4) is 35.2 Å². The topological polar surface area (TPSA) is 60.0 Å². The van der Waals surface area contributed by atoms with Gasteiger partial charge in [0.1, 0.15) is 30.5 Å². The number of hydrogen-bond donors (Lipinski definition) is 1. The van der Waals surface area contributed by atoms with E-state index in [1.54, 1.807) is 18.3 Å². The molecule has 2 aromatic heterocycles. The first-order valence-corrected chi connectivity index (χ1v) is 7.07. The number of fused-ring (bicyclic) bond motifs is 1. The van der Waals surface area contributed by atoms with Crippen LogP contribution in [0, 0.1) is 12.3 Å². The van der Waals surface area contributed by atoms with Crippen molar-refractivity contribution >= 4 is 11.2 Å². The minimum absolute atomic E-state index is 0.163. The van der Waals surface area contributed by atoms with Crippen molar-refractivity contribution in [3.63, 3.8) is 0 Å². The summed E-state index contributed by atoms with van der Waals surface area (Å²) in [5, 5.41) is 0. The molecule has 0 spiro atoms. The fourth-order valence-corrected chi connectivity index (χ4v) is 2.15. The number of aromatic nitrogens is 3. The van der Waals surface area contributed by atoms with Gasteiger partial charge in [-0.05, 0) is 24.3 Å². The molecule has 5 heteroatoms. The number of nitrogens with zero attached hydrogens (tertiary/aromatic N) is 2. The van der Waals surface area contributed by atoms with Crippen LogP contribution in [-0.4, -0.2) is 28.2 Å². The van der Waals surface area contributed by atoms with E-state index >= 15 is 0 Å². The molecule has 0 fully saturated rings. The molecular weight excluding hydrogens is 290 g/mol. The maximum Gasteiger partial charge on any atom is 0.178 e.